The van der Waals surface area contributed by atoms with Crippen LogP contribution in [0.5, 0.6) is 0 Å². The maximum absolute atomic E-state index is 12.3. The molecule has 4 nitrogen and oxygen atoms in total. The smallest absolute Gasteiger partial charge is 0.394 e. The van der Waals surface area contributed by atoms with Crippen LogP contribution in [0.1, 0.15) is 0 Å². The molecular weight excluding hydrogens is 204 g/mol. The Labute approximate surface area is 78.7 Å². The Hall–Kier alpha value is -0.305. The maximum atomic E-state index is 12.3. The van der Waals surface area contributed by atoms with Crippen LogP contribution >= 0.6 is 0 Å². The fourth-order valence-electron chi connectivity index (χ4n) is 1.29. The Morgan fingerprint density at radius 2 is 1.93 bits per heavy atom. The van der Waals surface area contributed by atoms with Crippen molar-refractivity contribution in [2.24, 2.45) is 0 Å². The first-order valence-corrected chi connectivity index (χ1v) is 3.74. The van der Waals surface area contributed by atoms with Gasteiger partial charge >= 0.3 is 6.18 Å². The summed E-state index contributed by atoms with van der Waals surface area (Å²) in [5.41, 5.74) is -3.53. The summed E-state index contributed by atoms with van der Waals surface area (Å²) in [7, 11) is 4.89. The predicted molar refractivity (Wildman–Crippen MR) is 38.5 cm³/mol. The molecule has 1 heterocycles. The quantitative estimate of drug-likeness (QED) is 0.464. The highest BCUT2D eigenvalue weighted by Gasteiger charge is 2.67. The molecular formula is C6H8BF3O4. The van der Waals surface area contributed by atoms with Gasteiger partial charge in [0.05, 0.1) is 12.6 Å². The average molecular weight is 212 g/mol. The van der Waals surface area contributed by atoms with E-state index in [-0.39, 0.29) is 0 Å². The van der Waals surface area contributed by atoms with Crippen molar-refractivity contribution >= 4 is 7.85 Å². The molecule has 0 unspecified atom stereocenters. The molecule has 0 aromatic heterocycles. The molecule has 0 aliphatic carbocycles. The normalized spacial score (nSPS) is 44.3. The number of hydrogen-bond donors (Lipinski definition) is 3. The van der Waals surface area contributed by atoms with E-state index in [1.165, 1.54) is 0 Å². The molecule has 1 saturated heterocycles. The van der Waals surface area contributed by atoms with Crippen LogP contribution in [0.25, 0.3) is 0 Å². The van der Waals surface area contributed by atoms with Crippen LogP contribution in [-0.4, -0.2) is 59.8 Å². The summed E-state index contributed by atoms with van der Waals surface area (Å²) < 4.78 is 41.3. The molecule has 0 bridgehead atoms. The molecule has 1 fully saturated rings. The average Bonchev–Trinajstić information content (AvgIpc) is 2.29. The molecule has 0 spiro atoms. The summed E-state index contributed by atoms with van der Waals surface area (Å²) in [4.78, 5) is 0. The van der Waals surface area contributed by atoms with E-state index in [0.29, 0.717) is 0 Å². The Morgan fingerprint density at radius 3 is 2.14 bits per heavy atom. The van der Waals surface area contributed by atoms with Crippen molar-refractivity contribution in [3.05, 3.63) is 0 Å². The lowest BCUT2D eigenvalue weighted by atomic mass is 9.80. The number of rotatable bonds is 1. The van der Waals surface area contributed by atoms with Gasteiger partial charge in [0.1, 0.15) is 20.1 Å². The van der Waals surface area contributed by atoms with Crippen molar-refractivity contribution in [3.8, 4) is 0 Å². The SMILES string of the molecule is [B][C@@H]1O[C@H](CO)[C@@H](O)[C@]1(O)C(F)(F)F. The highest BCUT2D eigenvalue weighted by molar-refractivity contribution is 6.12. The molecule has 8 heteroatoms. The van der Waals surface area contributed by atoms with Gasteiger partial charge in [0, 0.05) is 0 Å². The second-order valence-corrected chi connectivity index (χ2v) is 3.05. The van der Waals surface area contributed by atoms with Gasteiger partial charge in [-0.05, 0) is 0 Å². The second kappa shape index (κ2) is 3.37. The summed E-state index contributed by atoms with van der Waals surface area (Å²) in [6.07, 6.45) is -8.94. The lowest BCUT2D eigenvalue weighted by Gasteiger charge is -2.31. The van der Waals surface area contributed by atoms with Gasteiger partial charge in [-0.25, -0.2) is 0 Å². The summed E-state index contributed by atoms with van der Waals surface area (Å²) in [6, 6.07) is -2.10. The van der Waals surface area contributed by atoms with Crippen LogP contribution in [-0.2, 0) is 4.74 Å². The van der Waals surface area contributed by atoms with Crippen LogP contribution in [0, 0.1) is 0 Å². The fourth-order valence-corrected chi connectivity index (χ4v) is 1.29. The van der Waals surface area contributed by atoms with E-state index in [4.69, 9.17) is 23.2 Å². The Balaban J connectivity index is 2.99. The van der Waals surface area contributed by atoms with Crippen molar-refractivity contribution in [3.63, 3.8) is 0 Å². The van der Waals surface area contributed by atoms with Gasteiger partial charge in [-0.3, -0.25) is 0 Å². The fraction of sp³-hybridized carbons (Fsp3) is 1.00. The Morgan fingerprint density at radius 1 is 1.43 bits per heavy atom. The van der Waals surface area contributed by atoms with Gasteiger partial charge < -0.3 is 20.1 Å². The van der Waals surface area contributed by atoms with E-state index in [9.17, 15) is 13.2 Å². The van der Waals surface area contributed by atoms with E-state index in [1.54, 1.807) is 0 Å². The van der Waals surface area contributed by atoms with Gasteiger partial charge in [0.25, 0.3) is 0 Å². The molecule has 1 aliphatic rings. The van der Waals surface area contributed by atoms with Gasteiger partial charge in [-0.15, -0.1) is 0 Å². The first-order valence-electron chi connectivity index (χ1n) is 3.74. The molecule has 2 radical (unpaired) electrons. The highest BCUT2D eigenvalue weighted by atomic mass is 19.4. The van der Waals surface area contributed by atoms with Gasteiger partial charge in [-0.2, -0.15) is 13.2 Å². The number of halogens is 3. The van der Waals surface area contributed by atoms with E-state index in [2.05, 4.69) is 4.74 Å². The molecule has 14 heavy (non-hydrogen) atoms. The minimum absolute atomic E-state index is 0.854. The molecule has 3 N–H and O–H groups in total. The third-order valence-corrected chi connectivity index (χ3v) is 2.19. The number of ether oxygens (including phenoxy) is 1. The lowest BCUT2D eigenvalue weighted by molar-refractivity contribution is -0.284. The van der Waals surface area contributed by atoms with Crippen LogP contribution in [0.4, 0.5) is 13.2 Å². The van der Waals surface area contributed by atoms with Gasteiger partial charge in [-0.1, -0.05) is 0 Å². The van der Waals surface area contributed by atoms with Crippen LogP contribution < -0.4 is 0 Å². The summed E-state index contributed by atoms with van der Waals surface area (Å²) in [5, 5.41) is 26.7. The number of alkyl halides is 3. The maximum Gasteiger partial charge on any atom is 0.421 e. The molecule has 0 aromatic rings. The molecule has 0 aromatic carbocycles. The van der Waals surface area contributed by atoms with Crippen molar-refractivity contribution in [1.29, 1.82) is 0 Å². The zero-order valence-electron chi connectivity index (χ0n) is 6.90. The van der Waals surface area contributed by atoms with E-state index in [1.807, 2.05) is 0 Å². The van der Waals surface area contributed by atoms with Crippen LogP contribution in [0.2, 0.25) is 0 Å². The predicted octanol–water partition coefficient (Wildman–Crippen LogP) is -1.47. The molecule has 1 aliphatic heterocycles. The lowest BCUT2D eigenvalue weighted by Crippen LogP contribution is -2.59. The summed E-state index contributed by atoms with van der Waals surface area (Å²) in [6.45, 7) is -0.854. The molecule has 1 rings (SSSR count). The Bertz CT molecular complexity index is 224. The minimum atomic E-state index is -5.12. The third kappa shape index (κ3) is 1.42. The van der Waals surface area contributed by atoms with Crippen molar-refractivity contribution in [2.45, 2.75) is 30.0 Å². The van der Waals surface area contributed by atoms with Crippen molar-refractivity contribution in [2.75, 3.05) is 6.61 Å². The van der Waals surface area contributed by atoms with Crippen molar-refractivity contribution in [1.82, 2.24) is 0 Å². The first kappa shape index (κ1) is 11.8. The van der Waals surface area contributed by atoms with E-state index < -0.39 is 36.6 Å². The van der Waals surface area contributed by atoms with Crippen molar-refractivity contribution < 1.29 is 33.2 Å². The van der Waals surface area contributed by atoms with E-state index in [0.717, 1.165) is 0 Å². The standard InChI is InChI=1S/C6H8BF3O4/c7-4-5(13,6(8,9)10)3(12)2(1-11)14-4/h2-4,11-13H,1H2/t2-,3-,4-,5-/m1/s1. The molecule has 0 saturated carbocycles. The number of aliphatic hydroxyl groups excluding tert-OH is 2. The molecule has 80 valence electrons. The second-order valence-electron chi connectivity index (χ2n) is 3.05. The topological polar surface area (TPSA) is 69.9 Å². The van der Waals surface area contributed by atoms with Gasteiger partial charge in [0.2, 0.25) is 5.60 Å². The Kier molecular flexibility index (Phi) is 2.83. The molecule has 0 amide bonds. The number of hydrogen-bond acceptors (Lipinski definition) is 4. The largest absolute Gasteiger partial charge is 0.421 e. The zero-order valence-corrected chi connectivity index (χ0v) is 6.90. The van der Waals surface area contributed by atoms with Crippen LogP contribution in [0.15, 0.2) is 0 Å². The van der Waals surface area contributed by atoms with Crippen LogP contribution in [0.3, 0.4) is 0 Å². The highest BCUT2D eigenvalue weighted by Crippen LogP contribution is 2.42. The monoisotopic (exact) mass is 212 g/mol. The summed E-state index contributed by atoms with van der Waals surface area (Å²) >= 11 is 0. The minimum Gasteiger partial charge on any atom is -0.394 e. The first-order chi connectivity index (χ1) is 6.25. The van der Waals surface area contributed by atoms with Gasteiger partial charge in [0.15, 0.2) is 0 Å². The third-order valence-electron chi connectivity index (χ3n) is 2.19. The van der Waals surface area contributed by atoms with E-state index >= 15 is 0 Å². The zero-order chi connectivity index (χ0) is 11.1. The molecule has 4 atom stereocenters. The summed E-state index contributed by atoms with van der Waals surface area (Å²) in [5.74, 6) is 0. The number of aliphatic hydroxyl groups is 3.